The van der Waals surface area contributed by atoms with Gasteiger partial charge in [0, 0.05) is 55.9 Å². The van der Waals surface area contributed by atoms with E-state index >= 15 is 0 Å². The summed E-state index contributed by atoms with van der Waals surface area (Å²) in [5, 5.41) is 13.4. The molecule has 0 radical (unpaired) electrons. The van der Waals surface area contributed by atoms with E-state index in [9.17, 15) is 4.79 Å². The number of rotatable bonds is 4. The fourth-order valence-electron chi connectivity index (χ4n) is 5.04. The maximum Gasteiger partial charge on any atom is 0.276 e. The highest BCUT2D eigenvalue weighted by Gasteiger charge is 2.48. The average molecular weight is 369 g/mol. The lowest BCUT2D eigenvalue weighted by atomic mass is 10.0. The highest BCUT2D eigenvalue weighted by molar-refractivity contribution is 6.03. The van der Waals surface area contributed by atoms with Crippen LogP contribution >= 0.6 is 0 Å². The molecule has 1 aromatic carbocycles. The average Bonchev–Trinajstić information content (AvgIpc) is 3.38. The molecule has 2 fully saturated rings. The number of nitrogens with one attached hydrogen (secondary N) is 3. The first kappa shape index (κ1) is 18.2. The number of aromatic amines is 1. The van der Waals surface area contributed by atoms with Crippen LogP contribution in [0.5, 0.6) is 0 Å². The second kappa shape index (κ2) is 7.09. The normalized spacial score (nSPS) is 27.8. The van der Waals surface area contributed by atoms with E-state index in [1.54, 1.807) is 6.07 Å². The van der Waals surface area contributed by atoms with Gasteiger partial charge in [0.2, 0.25) is 0 Å². The van der Waals surface area contributed by atoms with Crippen LogP contribution < -0.4 is 15.1 Å². The third-order valence-corrected chi connectivity index (χ3v) is 6.50. The van der Waals surface area contributed by atoms with Gasteiger partial charge in [-0.3, -0.25) is 14.4 Å². The summed E-state index contributed by atoms with van der Waals surface area (Å²) in [6, 6.07) is 9.62. The van der Waals surface area contributed by atoms with Crippen molar-refractivity contribution in [1.82, 2.24) is 20.0 Å². The lowest BCUT2D eigenvalue weighted by Crippen LogP contribution is -2.59. The minimum Gasteiger partial charge on any atom is -0.320 e. The number of H-pyrrole nitrogens is 1. The van der Waals surface area contributed by atoms with E-state index < -0.39 is 0 Å². The molecule has 2 aliphatic rings. The Morgan fingerprint density at radius 2 is 2.11 bits per heavy atom. The number of carbonyl (C=O) groups is 1. The van der Waals surface area contributed by atoms with E-state index in [-0.39, 0.29) is 5.91 Å². The van der Waals surface area contributed by atoms with E-state index in [0.29, 0.717) is 17.8 Å². The second-order valence-electron chi connectivity index (χ2n) is 8.18. The van der Waals surface area contributed by atoms with Crippen molar-refractivity contribution >= 4 is 17.3 Å². The van der Waals surface area contributed by atoms with Gasteiger partial charge in [-0.25, -0.2) is 0 Å². The Morgan fingerprint density at radius 3 is 2.70 bits per heavy atom. The lowest BCUT2D eigenvalue weighted by molar-refractivity contribution is 0.102. The number of anilines is 1. The number of hydrogen-bond donors (Lipinski definition) is 3. The summed E-state index contributed by atoms with van der Waals surface area (Å²) < 4.78 is 1.08. The Kier molecular flexibility index (Phi) is 4.78. The molecule has 3 atom stereocenters. The number of aryl methyl sites for hydroxylation is 2. The molecular formula is C21H30N5O+. The van der Waals surface area contributed by atoms with Gasteiger partial charge in [0.15, 0.2) is 5.69 Å². The van der Waals surface area contributed by atoms with Crippen LogP contribution in [0.2, 0.25) is 0 Å². The maximum absolute atomic E-state index is 12.4. The van der Waals surface area contributed by atoms with Crippen LogP contribution in [0.1, 0.15) is 47.9 Å². The zero-order valence-corrected chi connectivity index (χ0v) is 16.5. The third-order valence-electron chi connectivity index (χ3n) is 6.50. The summed E-state index contributed by atoms with van der Waals surface area (Å²) in [4.78, 5) is 12.4. The van der Waals surface area contributed by atoms with Crippen LogP contribution in [-0.4, -0.2) is 47.8 Å². The number of likely N-dealkylation sites (tertiary alicyclic amines) is 1. The minimum absolute atomic E-state index is 0.173. The van der Waals surface area contributed by atoms with Crippen molar-refractivity contribution in [3.8, 4) is 0 Å². The Balaban J connectivity index is 1.61. The molecule has 3 heterocycles. The molecule has 1 amide bonds. The Morgan fingerprint density at radius 1 is 1.26 bits per heavy atom. The molecule has 27 heavy (non-hydrogen) atoms. The van der Waals surface area contributed by atoms with Gasteiger partial charge >= 0.3 is 0 Å². The summed E-state index contributed by atoms with van der Waals surface area (Å²) in [5.74, 6) is -0.173. The Bertz CT molecular complexity index is 839. The monoisotopic (exact) mass is 368 g/mol. The number of nitrogens with zero attached hydrogens (tertiary/aromatic N) is 2. The number of hydrogen-bond acceptors (Lipinski definition) is 3. The lowest BCUT2D eigenvalue weighted by Gasteiger charge is -2.43. The SMILES string of the molecule is Cc1cc(C(=O)Nc2ccc([N+]3(C4CCNC4)CCCC3C)cc2C)n[nH]1. The molecule has 6 heteroatoms. The molecular weight excluding hydrogens is 338 g/mol. The highest BCUT2D eigenvalue weighted by atomic mass is 16.1. The van der Waals surface area contributed by atoms with E-state index in [4.69, 9.17) is 0 Å². The highest BCUT2D eigenvalue weighted by Crippen LogP contribution is 2.40. The van der Waals surface area contributed by atoms with Crippen molar-refractivity contribution < 1.29 is 4.79 Å². The first-order valence-corrected chi connectivity index (χ1v) is 10.0. The van der Waals surface area contributed by atoms with Gasteiger partial charge in [0.25, 0.3) is 5.91 Å². The van der Waals surface area contributed by atoms with Crippen molar-refractivity contribution in [3.63, 3.8) is 0 Å². The van der Waals surface area contributed by atoms with Crippen LogP contribution in [0.15, 0.2) is 24.3 Å². The largest absolute Gasteiger partial charge is 0.320 e. The molecule has 3 N–H and O–H groups in total. The quantitative estimate of drug-likeness (QED) is 0.726. The van der Waals surface area contributed by atoms with Gasteiger partial charge in [-0.15, -0.1) is 0 Å². The molecule has 0 aliphatic carbocycles. The number of quaternary nitrogens is 1. The van der Waals surface area contributed by atoms with Crippen LogP contribution in [0.25, 0.3) is 0 Å². The van der Waals surface area contributed by atoms with E-state index in [1.807, 2.05) is 6.92 Å². The van der Waals surface area contributed by atoms with Gasteiger partial charge in [-0.05, 0) is 38.5 Å². The molecule has 0 spiro atoms. The van der Waals surface area contributed by atoms with E-state index in [2.05, 4.69) is 52.9 Å². The van der Waals surface area contributed by atoms with Crippen LogP contribution in [-0.2, 0) is 0 Å². The summed E-state index contributed by atoms with van der Waals surface area (Å²) in [7, 11) is 0. The van der Waals surface area contributed by atoms with Crippen molar-refractivity contribution in [2.24, 2.45) is 0 Å². The molecule has 4 rings (SSSR count). The van der Waals surface area contributed by atoms with Gasteiger partial charge in [-0.2, -0.15) is 5.10 Å². The van der Waals surface area contributed by atoms with Crippen molar-refractivity contribution in [1.29, 1.82) is 0 Å². The predicted molar refractivity (Wildman–Crippen MR) is 109 cm³/mol. The summed E-state index contributed by atoms with van der Waals surface area (Å²) in [6.45, 7) is 9.80. The molecule has 1 aromatic heterocycles. The van der Waals surface area contributed by atoms with E-state index in [1.165, 1.54) is 31.5 Å². The zero-order chi connectivity index (χ0) is 19.0. The summed E-state index contributed by atoms with van der Waals surface area (Å²) >= 11 is 0. The summed E-state index contributed by atoms with van der Waals surface area (Å²) in [6.07, 6.45) is 3.81. The Labute approximate surface area is 160 Å². The molecule has 0 bridgehead atoms. The van der Waals surface area contributed by atoms with E-state index in [0.717, 1.165) is 34.5 Å². The van der Waals surface area contributed by atoms with Crippen LogP contribution in [0.4, 0.5) is 11.4 Å². The number of amides is 1. The van der Waals surface area contributed by atoms with Gasteiger partial charge in [-0.1, -0.05) is 0 Å². The Hall–Kier alpha value is -2.18. The number of benzene rings is 1. The molecule has 144 valence electrons. The van der Waals surface area contributed by atoms with Crippen molar-refractivity contribution in [2.75, 3.05) is 25.0 Å². The third kappa shape index (κ3) is 3.17. The maximum atomic E-state index is 12.4. The standard InChI is InChI=1S/C21H29N5O/c1-14-11-17(26(10-4-5-16(26)3)18-8-9-22-13-18)6-7-19(14)23-21(27)20-12-15(2)24-25-20/h6-7,11-12,16,18,22H,4-5,8-10,13H2,1-3H3,(H-,23,24,25,27)/p+1. The minimum atomic E-state index is -0.173. The first-order chi connectivity index (χ1) is 13.0. The summed E-state index contributed by atoms with van der Waals surface area (Å²) in [5.41, 5.74) is 4.66. The fourth-order valence-corrected chi connectivity index (χ4v) is 5.04. The molecule has 2 aliphatic heterocycles. The molecule has 2 saturated heterocycles. The second-order valence-corrected chi connectivity index (χ2v) is 8.18. The number of aromatic nitrogens is 2. The molecule has 2 aromatic rings. The predicted octanol–water partition coefficient (Wildman–Crippen LogP) is 3.13. The van der Waals surface area contributed by atoms with Crippen molar-refractivity contribution in [2.45, 2.75) is 52.1 Å². The van der Waals surface area contributed by atoms with Crippen LogP contribution in [0.3, 0.4) is 0 Å². The molecule has 6 nitrogen and oxygen atoms in total. The molecule has 0 saturated carbocycles. The fraction of sp³-hybridized carbons (Fsp3) is 0.524. The molecule has 3 unspecified atom stereocenters. The zero-order valence-electron chi connectivity index (χ0n) is 16.5. The van der Waals surface area contributed by atoms with Crippen molar-refractivity contribution in [3.05, 3.63) is 41.2 Å². The first-order valence-electron chi connectivity index (χ1n) is 10.0. The van der Waals surface area contributed by atoms with Crippen LogP contribution in [0, 0.1) is 13.8 Å². The topological polar surface area (TPSA) is 69.8 Å². The smallest absolute Gasteiger partial charge is 0.276 e. The van der Waals surface area contributed by atoms with Gasteiger partial charge in [0.05, 0.1) is 12.6 Å². The number of carbonyl (C=O) groups excluding carboxylic acids is 1. The van der Waals surface area contributed by atoms with Gasteiger partial charge < -0.3 is 10.6 Å². The van der Waals surface area contributed by atoms with Gasteiger partial charge in [0.1, 0.15) is 11.7 Å².